The summed E-state index contributed by atoms with van der Waals surface area (Å²) in [5.41, 5.74) is 0. The monoisotopic (exact) mass is 1550 g/mol. The fourth-order valence-electron chi connectivity index (χ4n) is 9.77. The van der Waals surface area contributed by atoms with E-state index in [1.54, 1.807) is 13.8 Å². The highest BCUT2D eigenvalue weighted by Gasteiger charge is 2.28. The molecule has 0 saturated carbocycles. The molecule has 0 bridgehead atoms. The average Bonchev–Trinajstić information content (AvgIpc) is 0.927. The Bertz CT molecular complexity index is 3330. The van der Waals surface area contributed by atoms with Crippen molar-refractivity contribution in [2.45, 2.75) is 291 Å². The number of rotatable bonds is 62. The van der Waals surface area contributed by atoms with Gasteiger partial charge in [0.25, 0.3) is 0 Å². The van der Waals surface area contributed by atoms with Crippen LogP contribution in [0.2, 0.25) is 0 Å². The molecule has 0 saturated heterocycles. The maximum atomic E-state index is 13.0. The Hall–Kier alpha value is -8.32. The zero-order valence-corrected chi connectivity index (χ0v) is 67.1. The van der Waals surface area contributed by atoms with Gasteiger partial charge in [-0.25, -0.2) is 18.7 Å². The third-order valence-electron chi connectivity index (χ3n) is 15.4. The number of ether oxygens (including phenoxy) is 6. The maximum absolute atomic E-state index is 13.0. The molecule has 0 radical (unpaired) electrons. The molecule has 6 atom stereocenters. The zero-order valence-electron chi connectivity index (χ0n) is 65.3. The summed E-state index contributed by atoms with van der Waals surface area (Å²) in [4.78, 5) is 98.0. The lowest BCUT2D eigenvalue weighted by molar-refractivity contribution is -0.152. The van der Waals surface area contributed by atoms with Gasteiger partial charge in [-0.05, 0) is 171 Å². The number of phosphoric acid groups is 2. The summed E-state index contributed by atoms with van der Waals surface area (Å²) >= 11 is 0. The highest BCUT2D eigenvalue weighted by Crippen LogP contribution is 2.44. The van der Waals surface area contributed by atoms with E-state index < -0.39 is 96.7 Å². The van der Waals surface area contributed by atoms with Crippen LogP contribution in [-0.4, -0.2) is 136 Å². The Morgan fingerprint density at radius 3 is 0.917 bits per heavy atom. The third-order valence-corrected chi connectivity index (χ3v) is 17.3. The van der Waals surface area contributed by atoms with E-state index in [2.05, 4.69) is 180 Å². The van der Waals surface area contributed by atoms with Crippen molar-refractivity contribution in [3.63, 3.8) is 0 Å². The highest BCUT2D eigenvalue weighted by molar-refractivity contribution is 7.47. The normalized spacial score (nSPS) is 12.0. The molecule has 0 spiro atoms. The molecule has 0 rings (SSSR count). The molecule has 0 aromatic rings. The number of amides is 2. The van der Waals surface area contributed by atoms with Crippen molar-refractivity contribution in [3.05, 3.63) is 0 Å². The molecule has 4 N–H and O–H groups in total. The smallest absolute Gasteiger partial charge is 0.462 e. The van der Waals surface area contributed by atoms with Crippen LogP contribution in [0.4, 0.5) is 0 Å². The van der Waals surface area contributed by atoms with Crippen LogP contribution in [0.3, 0.4) is 0 Å². The molecule has 0 aromatic heterocycles. The lowest BCUT2D eigenvalue weighted by Crippen LogP contribution is -2.34. The Morgan fingerprint density at radius 2 is 0.606 bits per heavy atom. The molecule has 0 aliphatic heterocycles. The van der Waals surface area contributed by atoms with E-state index in [1.807, 2.05) is 0 Å². The Balaban J connectivity index is 5.76. The summed E-state index contributed by atoms with van der Waals surface area (Å²) in [7, 11) is -9.79. The number of nitrogens with one attached hydrogen (secondary N) is 2. The molecule has 22 nitrogen and oxygen atoms in total. The van der Waals surface area contributed by atoms with E-state index in [9.17, 15) is 47.7 Å². The number of carbonyl (C=O) groups excluding carboxylic acids is 6. The van der Waals surface area contributed by atoms with E-state index in [4.69, 9.17) is 46.5 Å². The average molecular weight is 1550 g/mol. The number of unbranched alkanes of at least 4 members (excludes halogenated alkanes) is 24. The summed E-state index contributed by atoms with van der Waals surface area (Å²) < 4.78 is 80.8. The molecule has 24 heteroatoms. The van der Waals surface area contributed by atoms with E-state index in [-0.39, 0.29) is 51.5 Å². The van der Waals surface area contributed by atoms with Gasteiger partial charge in [-0.2, -0.15) is 0 Å². The predicted molar refractivity (Wildman–Crippen MR) is 420 cm³/mol. The van der Waals surface area contributed by atoms with Crippen molar-refractivity contribution >= 4 is 51.3 Å². The molecule has 0 aliphatic carbocycles. The van der Waals surface area contributed by atoms with Crippen LogP contribution in [0.5, 0.6) is 0 Å². The SMILES string of the molecule is CC#CC#CC#CC#CC#CC#CC(=O)O[C@@H](COCC[C@@H](CCCCCCC)OC(=O)CCCCCCCCCCC)COP(=O)(O)OCCNC(=O)CC(=O)NCCOP(=O)(O)OC[C@H](COCC[C@@H](CCCCCCC)OC(=O)CCCCCCCCCCC)OC(=O)C#CC#CC#CC#CC#CC#CC. The van der Waals surface area contributed by atoms with Crippen LogP contribution in [0, 0.1) is 142 Å². The first kappa shape index (κ1) is 101. The predicted octanol–water partition coefficient (Wildman–Crippen LogP) is 13.0. The molecule has 2 unspecified atom stereocenters. The molecule has 0 aliphatic rings. The van der Waals surface area contributed by atoms with Crippen molar-refractivity contribution in [1.29, 1.82) is 0 Å². The van der Waals surface area contributed by atoms with Crippen LogP contribution >= 0.6 is 15.6 Å². The lowest BCUT2D eigenvalue weighted by atomic mass is 10.1. The quantitative estimate of drug-likeness (QED) is 0.00837. The van der Waals surface area contributed by atoms with Crippen LogP contribution in [0.1, 0.15) is 266 Å². The zero-order chi connectivity index (χ0) is 80.0. The van der Waals surface area contributed by atoms with Gasteiger partial charge >= 0.3 is 39.5 Å². The van der Waals surface area contributed by atoms with Gasteiger partial charge in [-0.1, -0.05) is 194 Å². The first-order valence-electron chi connectivity index (χ1n) is 38.5. The molecular weight excluding hydrogens is 1430 g/mol. The fraction of sp³-hybridized carbons (Fsp3) is 0.647. The van der Waals surface area contributed by atoms with E-state index in [1.165, 1.54) is 64.2 Å². The molecule has 0 aromatic carbocycles. The van der Waals surface area contributed by atoms with Gasteiger partial charge in [0.05, 0.1) is 52.9 Å². The third kappa shape index (κ3) is 71.1. The minimum Gasteiger partial charge on any atom is -0.462 e. The van der Waals surface area contributed by atoms with Gasteiger partial charge in [0.1, 0.15) is 30.8 Å². The highest BCUT2D eigenvalue weighted by atomic mass is 31.2. The maximum Gasteiger partial charge on any atom is 0.472 e. The van der Waals surface area contributed by atoms with Crippen molar-refractivity contribution in [3.8, 4) is 142 Å². The molecule has 596 valence electrons. The minimum atomic E-state index is -4.89. The lowest BCUT2D eigenvalue weighted by Gasteiger charge is -2.21. The second kappa shape index (κ2) is 73.8. The Labute approximate surface area is 651 Å². The molecule has 0 fully saturated rings. The summed E-state index contributed by atoms with van der Waals surface area (Å²) in [5.74, 6) is 54.1. The number of carbonyl (C=O) groups is 6. The van der Waals surface area contributed by atoms with Crippen molar-refractivity contribution < 1.29 is 94.2 Å². The number of esters is 4. The van der Waals surface area contributed by atoms with Crippen LogP contribution in [0.25, 0.3) is 0 Å². The molecule has 0 heterocycles. The number of hydrogen-bond acceptors (Lipinski definition) is 18. The van der Waals surface area contributed by atoms with Gasteiger partial charge in [-0.3, -0.25) is 37.3 Å². The summed E-state index contributed by atoms with van der Waals surface area (Å²) in [6.07, 6.45) is 28.5. The summed E-state index contributed by atoms with van der Waals surface area (Å²) in [6.45, 7) is 8.05. The van der Waals surface area contributed by atoms with Crippen LogP contribution in [-0.2, 0) is 84.4 Å². The second-order valence-electron chi connectivity index (χ2n) is 24.9. The minimum absolute atomic E-state index is 0.0658. The van der Waals surface area contributed by atoms with Gasteiger partial charge in [-0.15, -0.1) is 0 Å². The van der Waals surface area contributed by atoms with Crippen LogP contribution < -0.4 is 10.6 Å². The van der Waals surface area contributed by atoms with Gasteiger partial charge in [0.15, 0.2) is 0 Å². The Kier molecular flexibility index (Phi) is 68.2. The Morgan fingerprint density at radius 1 is 0.321 bits per heavy atom. The number of hydrogen-bond donors (Lipinski definition) is 4. The standard InChI is InChI=1S/C85H116N2O20P2/c1-7-13-19-25-29-33-35-39-43-49-55-61-84(92)106-78(72-98-67-63-76(57-51-45-23-17-11-5)104-82(90)59-53-47-41-37-31-27-21-15-9-3)74-102-108(94,95)100-69-65-86-80(88)71-81(89)87-66-70-101-109(96,97)103-75-79(107-85(93)62-56-50-44-40-36-34-30-26-20-14-8-2)73-99-68-64-77(58-52-46-24-18-12-6)105-83(91)60-54-48-42-38-32-28-22-16-10-4/h76-79H,9-12,15-18,21-24,27-28,31-32,37-38,41-42,45-48,51-54,57-60,63-75H2,1-6H3,(H,86,88)(H,87,89)(H,94,95)(H,96,97)/t76-,77-,78+,79+/m1/s1. The van der Waals surface area contributed by atoms with Crippen molar-refractivity contribution in [1.82, 2.24) is 10.6 Å². The largest absolute Gasteiger partial charge is 0.472 e. The van der Waals surface area contributed by atoms with E-state index in [0.717, 1.165) is 116 Å². The van der Waals surface area contributed by atoms with Crippen molar-refractivity contribution in [2.75, 3.05) is 65.9 Å². The first-order chi connectivity index (χ1) is 52.9. The van der Waals surface area contributed by atoms with Gasteiger partial charge in [0.2, 0.25) is 11.8 Å². The molecule has 109 heavy (non-hydrogen) atoms. The van der Waals surface area contributed by atoms with Crippen LogP contribution in [0.15, 0.2) is 0 Å². The second-order valence-corrected chi connectivity index (χ2v) is 27.8. The number of phosphoric ester groups is 2. The van der Waals surface area contributed by atoms with Gasteiger partial charge < -0.3 is 48.8 Å². The molecular formula is C85H116N2O20P2. The topological polar surface area (TPSA) is 293 Å². The van der Waals surface area contributed by atoms with Gasteiger partial charge in [0, 0.05) is 50.6 Å². The van der Waals surface area contributed by atoms with E-state index in [0.29, 0.717) is 38.5 Å². The van der Waals surface area contributed by atoms with Crippen molar-refractivity contribution in [2.24, 2.45) is 0 Å². The van der Waals surface area contributed by atoms with E-state index >= 15 is 0 Å². The summed E-state index contributed by atoms with van der Waals surface area (Å²) in [5, 5.41) is 4.71. The summed E-state index contributed by atoms with van der Waals surface area (Å²) in [6, 6.07) is 0. The molecule has 2 amide bonds. The fourth-order valence-corrected chi connectivity index (χ4v) is 11.3. The first-order valence-corrected chi connectivity index (χ1v) is 41.5.